The Morgan fingerprint density at radius 3 is 2.69 bits per heavy atom. The topological polar surface area (TPSA) is 71.7 Å². The number of guanidine groups is 1. The van der Waals surface area contributed by atoms with Crippen LogP contribution >= 0.6 is 24.0 Å². The standard InChI is InChI=1S/C23H40N4O4.HI/c1-28-16-4-18-31-22-7-12-27(13-8-22)23(25-10-6-21-5-2-17-30-21)24-9-3-11-26-14-19-29-20-15-26;/h2,5,17,22H,3-4,6-16,18-20H2,1H3,(H,24,25);1H. The molecule has 9 heteroatoms. The molecule has 1 aromatic rings. The van der Waals surface area contributed by atoms with Crippen LogP contribution in [0.1, 0.15) is 31.4 Å². The number of ether oxygens (including phenoxy) is 3. The van der Waals surface area contributed by atoms with Crippen molar-refractivity contribution in [1.82, 2.24) is 15.1 Å². The van der Waals surface area contributed by atoms with Crippen LogP contribution in [0.4, 0.5) is 0 Å². The smallest absolute Gasteiger partial charge is 0.193 e. The molecule has 0 radical (unpaired) electrons. The van der Waals surface area contributed by atoms with Gasteiger partial charge in [0, 0.05) is 72.6 Å². The molecule has 184 valence electrons. The first-order valence-corrected chi connectivity index (χ1v) is 11.8. The fraction of sp³-hybridized carbons (Fsp3) is 0.783. The molecule has 2 aliphatic rings. The maximum Gasteiger partial charge on any atom is 0.193 e. The molecule has 8 nitrogen and oxygen atoms in total. The predicted molar refractivity (Wildman–Crippen MR) is 137 cm³/mol. The first kappa shape index (κ1) is 27.4. The predicted octanol–water partition coefficient (Wildman–Crippen LogP) is 2.63. The summed E-state index contributed by atoms with van der Waals surface area (Å²) in [5.41, 5.74) is 0. The highest BCUT2D eigenvalue weighted by atomic mass is 127. The van der Waals surface area contributed by atoms with Gasteiger partial charge in [0.25, 0.3) is 0 Å². The second-order valence-electron chi connectivity index (χ2n) is 8.17. The van der Waals surface area contributed by atoms with Crippen molar-refractivity contribution >= 4 is 29.9 Å². The molecule has 0 amide bonds. The van der Waals surface area contributed by atoms with Gasteiger partial charge in [-0.1, -0.05) is 0 Å². The highest BCUT2D eigenvalue weighted by Gasteiger charge is 2.22. The van der Waals surface area contributed by atoms with E-state index in [2.05, 4.69) is 15.1 Å². The van der Waals surface area contributed by atoms with E-state index in [0.29, 0.717) is 6.10 Å². The van der Waals surface area contributed by atoms with Crippen LogP contribution in [0, 0.1) is 0 Å². The number of hydrogen-bond acceptors (Lipinski definition) is 6. The van der Waals surface area contributed by atoms with Crippen LogP contribution < -0.4 is 5.32 Å². The van der Waals surface area contributed by atoms with E-state index in [0.717, 1.165) is 116 Å². The Balaban J connectivity index is 0.00000363. The third kappa shape index (κ3) is 10.4. The number of halogens is 1. The van der Waals surface area contributed by atoms with Gasteiger partial charge in [0.2, 0.25) is 0 Å². The van der Waals surface area contributed by atoms with Gasteiger partial charge < -0.3 is 28.8 Å². The molecular weight excluding hydrogens is 523 g/mol. The second kappa shape index (κ2) is 16.7. The summed E-state index contributed by atoms with van der Waals surface area (Å²) < 4.78 is 22.0. The molecule has 0 aromatic carbocycles. The summed E-state index contributed by atoms with van der Waals surface area (Å²) in [5, 5.41) is 3.57. The molecule has 2 fully saturated rings. The van der Waals surface area contributed by atoms with Crippen LogP contribution in [-0.4, -0.2) is 101 Å². The van der Waals surface area contributed by atoms with Crippen LogP contribution in [0.25, 0.3) is 0 Å². The average molecular weight is 565 g/mol. The van der Waals surface area contributed by atoms with Crippen molar-refractivity contribution in [1.29, 1.82) is 0 Å². The van der Waals surface area contributed by atoms with Crippen LogP contribution in [0.15, 0.2) is 27.8 Å². The molecule has 0 saturated carbocycles. The minimum absolute atomic E-state index is 0. The number of rotatable bonds is 12. The normalized spacial score (nSPS) is 18.5. The van der Waals surface area contributed by atoms with E-state index in [-0.39, 0.29) is 24.0 Å². The molecular formula is C23H41IN4O4. The molecule has 32 heavy (non-hydrogen) atoms. The van der Waals surface area contributed by atoms with Crippen LogP contribution in [0.2, 0.25) is 0 Å². The third-order valence-corrected chi connectivity index (χ3v) is 5.82. The molecule has 3 rings (SSSR count). The highest BCUT2D eigenvalue weighted by Crippen LogP contribution is 2.14. The quantitative estimate of drug-likeness (QED) is 0.181. The lowest BCUT2D eigenvalue weighted by atomic mass is 10.1. The van der Waals surface area contributed by atoms with Crippen molar-refractivity contribution in [3.8, 4) is 0 Å². The monoisotopic (exact) mass is 564 g/mol. The molecule has 0 spiro atoms. The first-order valence-electron chi connectivity index (χ1n) is 11.8. The molecule has 3 heterocycles. The zero-order chi connectivity index (χ0) is 21.6. The van der Waals surface area contributed by atoms with Crippen LogP contribution in [0.3, 0.4) is 0 Å². The van der Waals surface area contributed by atoms with Gasteiger partial charge in [0.1, 0.15) is 5.76 Å². The fourth-order valence-electron chi connectivity index (χ4n) is 4.01. The van der Waals surface area contributed by atoms with E-state index < -0.39 is 0 Å². The van der Waals surface area contributed by atoms with Crippen molar-refractivity contribution in [2.24, 2.45) is 4.99 Å². The summed E-state index contributed by atoms with van der Waals surface area (Å²) in [6.07, 6.45) is 7.05. The van der Waals surface area contributed by atoms with Crippen molar-refractivity contribution < 1.29 is 18.6 Å². The van der Waals surface area contributed by atoms with Gasteiger partial charge >= 0.3 is 0 Å². The SMILES string of the molecule is COCCCOC1CCN(C(=NCCCN2CCOCC2)NCCc2ccco2)CC1.I. The Morgan fingerprint density at radius 2 is 1.97 bits per heavy atom. The van der Waals surface area contributed by atoms with Gasteiger partial charge in [-0.25, -0.2) is 0 Å². The number of piperidine rings is 1. The van der Waals surface area contributed by atoms with Crippen LogP contribution in [0.5, 0.6) is 0 Å². The number of methoxy groups -OCH3 is 1. The van der Waals surface area contributed by atoms with Gasteiger partial charge in [-0.15, -0.1) is 24.0 Å². The zero-order valence-electron chi connectivity index (χ0n) is 19.5. The highest BCUT2D eigenvalue weighted by molar-refractivity contribution is 14.0. The van der Waals surface area contributed by atoms with Gasteiger partial charge in [0.05, 0.1) is 25.6 Å². The maximum atomic E-state index is 6.01. The Labute approximate surface area is 210 Å². The molecule has 0 aliphatic carbocycles. The molecule has 0 atom stereocenters. The molecule has 2 aliphatic heterocycles. The van der Waals surface area contributed by atoms with E-state index in [1.807, 2.05) is 12.1 Å². The Hall–Kier alpha value is -0.880. The number of nitrogens with zero attached hydrogens (tertiary/aromatic N) is 3. The summed E-state index contributed by atoms with van der Waals surface area (Å²) in [4.78, 5) is 9.80. The second-order valence-corrected chi connectivity index (χ2v) is 8.17. The van der Waals surface area contributed by atoms with E-state index in [1.54, 1.807) is 13.4 Å². The van der Waals surface area contributed by atoms with Gasteiger partial charge in [-0.05, 0) is 37.8 Å². The van der Waals surface area contributed by atoms with Crippen LogP contribution in [-0.2, 0) is 20.6 Å². The van der Waals surface area contributed by atoms with Crippen molar-refractivity contribution in [3.63, 3.8) is 0 Å². The summed E-state index contributed by atoms with van der Waals surface area (Å²) >= 11 is 0. The Bertz CT molecular complexity index is 603. The number of likely N-dealkylation sites (tertiary alicyclic amines) is 1. The summed E-state index contributed by atoms with van der Waals surface area (Å²) in [5.74, 6) is 2.02. The maximum absolute atomic E-state index is 6.01. The van der Waals surface area contributed by atoms with Gasteiger partial charge in [-0.2, -0.15) is 0 Å². The zero-order valence-corrected chi connectivity index (χ0v) is 21.8. The summed E-state index contributed by atoms with van der Waals surface area (Å²) in [6.45, 7) is 10.0. The van der Waals surface area contributed by atoms with Gasteiger partial charge in [-0.3, -0.25) is 9.89 Å². The largest absolute Gasteiger partial charge is 0.469 e. The van der Waals surface area contributed by atoms with Crippen molar-refractivity contribution in [3.05, 3.63) is 24.2 Å². The molecule has 0 bridgehead atoms. The number of nitrogens with one attached hydrogen (secondary N) is 1. The number of aliphatic imine (C=N–C) groups is 1. The lowest BCUT2D eigenvalue weighted by molar-refractivity contribution is 0.00988. The van der Waals surface area contributed by atoms with E-state index in [4.69, 9.17) is 23.6 Å². The molecule has 1 aromatic heterocycles. The minimum atomic E-state index is 0. The lowest BCUT2D eigenvalue weighted by Crippen LogP contribution is -2.47. The molecule has 0 unspecified atom stereocenters. The number of furan rings is 1. The van der Waals surface area contributed by atoms with E-state index >= 15 is 0 Å². The average Bonchev–Trinajstić information content (AvgIpc) is 3.33. The number of hydrogen-bond donors (Lipinski definition) is 1. The lowest BCUT2D eigenvalue weighted by Gasteiger charge is -2.34. The Morgan fingerprint density at radius 1 is 1.16 bits per heavy atom. The third-order valence-electron chi connectivity index (χ3n) is 5.82. The fourth-order valence-corrected chi connectivity index (χ4v) is 4.01. The van der Waals surface area contributed by atoms with Gasteiger partial charge in [0.15, 0.2) is 5.96 Å². The van der Waals surface area contributed by atoms with Crippen molar-refractivity contribution in [2.75, 3.05) is 79.4 Å². The summed E-state index contributed by atoms with van der Waals surface area (Å²) in [7, 11) is 1.74. The minimum Gasteiger partial charge on any atom is -0.469 e. The van der Waals surface area contributed by atoms with Crippen molar-refractivity contribution in [2.45, 2.75) is 38.2 Å². The van der Waals surface area contributed by atoms with E-state index in [1.165, 1.54) is 0 Å². The number of morpholine rings is 1. The molecule has 2 saturated heterocycles. The van der Waals surface area contributed by atoms with E-state index in [9.17, 15) is 0 Å². The summed E-state index contributed by atoms with van der Waals surface area (Å²) in [6, 6.07) is 3.96. The molecule has 1 N–H and O–H groups in total. The first-order chi connectivity index (χ1) is 15.3. The Kier molecular flexibility index (Phi) is 14.3.